The molecule has 1 N–H and O–H groups in total. The molecule has 0 radical (unpaired) electrons. The van der Waals surface area contributed by atoms with Crippen molar-refractivity contribution in [2.75, 3.05) is 19.0 Å². The molecule has 1 heterocycles. The Morgan fingerprint density at radius 1 is 1.56 bits per heavy atom. The number of Topliss-reactive ketones (excluding diaryl/α,β-unsaturated/α-hetero) is 1. The molecule has 0 saturated heterocycles. The Morgan fingerprint density at radius 2 is 2.19 bits per heavy atom. The van der Waals surface area contributed by atoms with E-state index in [2.05, 4.69) is 4.98 Å². The Labute approximate surface area is 96.7 Å². The summed E-state index contributed by atoms with van der Waals surface area (Å²) in [4.78, 5) is 28.9. The summed E-state index contributed by atoms with van der Waals surface area (Å²) in [6, 6.07) is 0. The van der Waals surface area contributed by atoms with E-state index in [1.165, 1.54) is 11.3 Å². The van der Waals surface area contributed by atoms with E-state index in [4.69, 9.17) is 0 Å². The van der Waals surface area contributed by atoms with Gasteiger partial charge in [-0.1, -0.05) is 0 Å². The van der Waals surface area contributed by atoms with Crippen LogP contribution in [0.4, 0.5) is 5.13 Å². The van der Waals surface area contributed by atoms with Crippen LogP contribution in [-0.4, -0.2) is 35.9 Å². The number of ketones is 1. The zero-order valence-electron chi connectivity index (χ0n) is 9.06. The van der Waals surface area contributed by atoms with Crippen molar-refractivity contribution >= 4 is 28.2 Å². The van der Waals surface area contributed by atoms with Crippen molar-refractivity contribution in [2.24, 2.45) is 0 Å². The lowest BCUT2D eigenvalue weighted by Crippen LogP contribution is -2.47. The van der Waals surface area contributed by atoms with Gasteiger partial charge in [0.2, 0.25) is 0 Å². The zero-order valence-corrected chi connectivity index (χ0v) is 9.87. The Bertz CT molecular complexity index is 445. The number of carboxylic acid groups (broad SMARTS) is 1. The molecule has 0 bridgehead atoms. The van der Waals surface area contributed by atoms with Crippen LogP contribution in [0.2, 0.25) is 0 Å². The SMILES string of the molecule is CN(C)c1ncc(C2(C(=O)O)CC(=O)C2)s1. The molecular formula is C10H12N2O3S. The van der Waals surface area contributed by atoms with Crippen LogP contribution in [0.1, 0.15) is 17.7 Å². The summed E-state index contributed by atoms with van der Waals surface area (Å²) in [5.41, 5.74) is -1.01. The maximum Gasteiger partial charge on any atom is 0.315 e. The van der Waals surface area contributed by atoms with Gasteiger partial charge < -0.3 is 10.0 Å². The summed E-state index contributed by atoms with van der Waals surface area (Å²) in [5, 5.41) is 9.98. The number of hydrogen-bond donors (Lipinski definition) is 1. The summed E-state index contributed by atoms with van der Waals surface area (Å²) >= 11 is 1.34. The summed E-state index contributed by atoms with van der Waals surface area (Å²) in [6.07, 6.45) is 1.76. The number of hydrogen-bond acceptors (Lipinski definition) is 5. The number of carbonyl (C=O) groups excluding carboxylic acids is 1. The number of thiazole rings is 1. The number of carboxylic acids is 1. The second-order valence-electron chi connectivity index (χ2n) is 4.18. The molecule has 1 aliphatic carbocycles. The fourth-order valence-electron chi connectivity index (χ4n) is 1.75. The molecule has 5 nitrogen and oxygen atoms in total. The van der Waals surface area contributed by atoms with Gasteiger partial charge in [-0.05, 0) is 0 Å². The molecule has 0 aliphatic heterocycles. The second kappa shape index (κ2) is 3.55. The van der Waals surface area contributed by atoms with Crippen LogP contribution in [0.15, 0.2) is 6.20 Å². The van der Waals surface area contributed by atoms with Crippen LogP contribution in [0.5, 0.6) is 0 Å². The molecule has 6 heteroatoms. The van der Waals surface area contributed by atoms with E-state index in [-0.39, 0.29) is 18.6 Å². The molecule has 2 rings (SSSR count). The van der Waals surface area contributed by atoms with E-state index in [9.17, 15) is 14.7 Å². The summed E-state index contributed by atoms with van der Waals surface area (Å²) < 4.78 is 0. The number of rotatable bonds is 3. The second-order valence-corrected chi connectivity index (χ2v) is 5.19. The van der Waals surface area contributed by atoms with Gasteiger partial charge in [0, 0.05) is 38.0 Å². The van der Waals surface area contributed by atoms with E-state index in [0.29, 0.717) is 4.88 Å². The first-order chi connectivity index (χ1) is 7.45. The molecule has 1 fully saturated rings. The fraction of sp³-hybridized carbons (Fsp3) is 0.500. The number of carbonyl (C=O) groups is 2. The van der Waals surface area contributed by atoms with Crippen LogP contribution >= 0.6 is 11.3 Å². The highest BCUT2D eigenvalue weighted by Gasteiger charge is 2.52. The van der Waals surface area contributed by atoms with E-state index >= 15 is 0 Å². The first kappa shape index (κ1) is 11.1. The maximum absolute atomic E-state index is 11.2. The number of anilines is 1. The van der Waals surface area contributed by atoms with Crippen LogP contribution in [0.25, 0.3) is 0 Å². The molecule has 1 saturated carbocycles. The molecule has 86 valence electrons. The van der Waals surface area contributed by atoms with Crippen molar-refractivity contribution in [3.63, 3.8) is 0 Å². The van der Waals surface area contributed by atoms with Gasteiger partial charge in [0.05, 0.1) is 0 Å². The lowest BCUT2D eigenvalue weighted by atomic mass is 9.67. The highest BCUT2D eigenvalue weighted by molar-refractivity contribution is 7.15. The van der Waals surface area contributed by atoms with Gasteiger partial charge in [-0.25, -0.2) is 4.98 Å². The molecule has 16 heavy (non-hydrogen) atoms. The van der Waals surface area contributed by atoms with Gasteiger partial charge in [0.25, 0.3) is 0 Å². The van der Waals surface area contributed by atoms with Gasteiger partial charge in [-0.2, -0.15) is 0 Å². The van der Waals surface area contributed by atoms with Crippen molar-refractivity contribution in [1.82, 2.24) is 4.98 Å². The predicted octanol–water partition coefficient (Wildman–Crippen LogP) is 0.894. The van der Waals surface area contributed by atoms with Gasteiger partial charge >= 0.3 is 5.97 Å². The van der Waals surface area contributed by atoms with Crippen LogP contribution in [0.3, 0.4) is 0 Å². The molecule has 0 amide bonds. The zero-order chi connectivity index (χ0) is 11.9. The first-order valence-electron chi connectivity index (χ1n) is 4.84. The van der Waals surface area contributed by atoms with Gasteiger partial charge in [0.15, 0.2) is 5.13 Å². The number of aliphatic carboxylic acids is 1. The average Bonchev–Trinajstić information content (AvgIpc) is 2.60. The van der Waals surface area contributed by atoms with Crippen molar-refractivity contribution in [3.8, 4) is 0 Å². The Morgan fingerprint density at radius 3 is 2.56 bits per heavy atom. The molecule has 1 aromatic heterocycles. The minimum absolute atomic E-state index is 0.00204. The Hall–Kier alpha value is -1.43. The Kier molecular flexibility index (Phi) is 2.46. The quantitative estimate of drug-likeness (QED) is 0.849. The molecule has 1 aromatic rings. The first-order valence-corrected chi connectivity index (χ1v) is 5.66. The van der Waals surface area contributed by atoms with Gasteiger partial charge in [-0.3, -0.25) is 9.59 Å². The van der Waals surface area contributed by atoms with E-state index in [1.54, 1.807) is 6.20 Å². The molecule has 0 unspecified atom stereocenters. The summed E-state index contributed by atoms with van der Waals surface area (Å²) in [5.74, 6) is -0.928. The van der Waals surface area contributed by atoms with Crippen LogP contribution in [0, 0.1) is 0 Å². The standard InChI is InChI=1S/C10H12N2O3S/c1-12(2)9-11-5-7(16-9)10(8(14)15)3-6(13)4-10/h5H,3-4H2,1-2H3,(H,14,15). The largest absolute Gasteiger partial charge is 0.481 e. The molecular weight excluding hydrogens is 228 g/mol. The van der Waals surface area contributed by atoms with Crippen molar-refractivity contribution in [2.45, 2.75) is 18.3 Å². The lowest BCUT2D eigenvalue weighted by molar-refractivity contribution is -0.153. The van der Waals surface area contributed by atoms with Crippen molar-refractivity contribution < 1.29 is 14.7 Å². The van der Waals surface area contributed by atoms with E-state index in [0.717, 1.165) is 5.13 Å². The molecule has 0 atom stereocenters. The van der Waals surface area contributed by atoms with Gasteiger partial charge in [-0.15, -0.1) is 11.3 Å². The molecule has 1 aliphatic rings. The minimum Gasteiger partial charge on any atom is -0.481 e. The van der Waals surface area contributed by atoms with Crippen LogP contribution < -0.4 is 4.90 Å². The number of nitrogens with zero attached hydrogens (tertiary/aromatic N) is 2. The highest BCUT2D eigenvalue weighted by atomic mass is 32.1. The monoisotopic (exact) mass is 240 g/mol. The van der Waals surface area contributed by atoms with Gasteiger partial charge in [0.1, 0.15) is 11.2 Å². The molecule has 0 aromatic carbocycles. The maximum atomic E-state index is 11.2. The minimum atomic E-state index is -1.01. The normalized spacial score (nSPS) is 18.0. The highest BCUT2D eigenvalue weighted by Crippen LogP contribution is 2.44. The van der Waals surface area contributed by atoms with E-state index < -0.39 is 11.4 Å². The topological polar surface area (TPSA) is 70.5 Å². The predicted molar refractivity (Wildman–Crippen MR) is 60.0 cm³/mol. The van der Waals surface area contributed by atoms with E-state index in [1.807, 2.05) is 19.0 Å². The molecule has 0 spiro atoms. The third-order valence-corrected chi connectivity index (χ3v) is 4.12. The summed E-state index contributed by atoms with van der Waals surface area (Å²) in [6.45, 7) is 0. The third kappa shape index (κ3) is 1.49. The van der Waals surface area contributed by atoms with Crippen LogP contribution in [-0.2, 0) is 15.0 Å². The lowest BCUT2D eigenvalue weighted by Gasteiger charge is -2.34. The van der Waals surface area contributed by atoms with Crippen molar-refractivity contribution in [1.29, 1.82) is 0 Å². The smallest absolute Gasteiger partial charge is 0.315 e. The third-order valence-electron chi connectivity index (χ3n) is 2.75. The number of aromatic nitrogens is 1. The fourth-order valence-corrected chi connectivity index (χ4v) is 2.76. The Balaban J connectivity index is 2.34. The van der Waals surface area contributed by atoms with Crippen molar-refractivity contribution in [3.05, 3.63) is 11.1 Å². The average molecular weight is 240 g/mol. The summed E-state index contributed by atoms with van der Waals surface area (Å²) in [7, 11) is 3.70.